The standard InChI is InChI=1S/C20H22N4O5/c1-12(25)14-9-17-18(29-11-28-17)10-16(14)22-19(26)8-13-3-6-24(7-4-13)20(27)15-2-5-21-23-15/h2,5,9-10,13H,3-4,6-8,11H2,1H3,(H,21,23)(H,22,26). The Kier molecular flexibility index (Phi) is 5.20. The lowest BCUT2D eigenvalue weighted by Crippen LogP contribution is -2.39. The zero-order chi connectivity index (χ0) is 20.4. The molecule has 0 aliphatic carbocycles. The maximum absolute atomic E-state index is 12.6. The number of likely N-dealkylation sites (tertiary alicyclic amines) is 1. The molecule has 2 aromatic rings. The minimum atomic E-state index is -0.163. The van der Waals surface area contributed by atoms with Gasteiger partial charge in [-0.05, 0) is 37.8 Å². The van der Waals surface area contributed by atoms with Crippen LogP contribution >= 0.6 is 0 Å². The van der Waals surface area contributed by atoms with E-state index in [2.05, 4.69) is 15.5 Å². The van der Waals surface area contributed by atoms with Crippen LogP contribution in [0, 0.1) is 5.92 Å². The van der Waals surface area contributed by atoms with E-state index in [-0.39, 0.29) is 30.3 Å². The number of ether oxygens (including phenoxy) is 2. The summed E-state index contributed by atoms with van der Waals surface area (Å²) >= 11 is 0. The van der Waals surface area contributed by atoms with Gasteiger partial charge in [0.05, 0.1) is 5.69 Å². The van der Waals surface area contributed by atoms with Crippen LogP contribution in [0.2, 0.25) is 0 Å². The van der Waals surface area contributed by atoms with Gasteiger partial charge in [0.15, 0.2) is 17.3 Å². The Morgan fingerprint density at radius 1 is 1.21 bits per heavy atom. The van der Waals surface area contributed by atoms with Crippen LogP contribution in [0.25, 0.3) is 0 Å². The highest BCUT2D eigenvalue weighted by molar-refractivity contribution is 6.04. The second-order valence-corrected chi connectivity index (χ2v) is 7.25. The molecule has 152 valence electrons. The molecule has 1 saturated heterocycles. The second-order valence-electron chi connectivity index (χ2n) is 7.25. The number of H-pyrrole nitrogens is 1. The SMILES string of the molecule is CC(=O)c1cc2c(cc1NC(=O)CC1CCN(C(=O)c3cc[nH]n3)CC1)OCO2. The van der Waals surface area contributed by atoms with E-state index in [0.717, 1.165) is 12.8 Å². The number of carbonyl (C=O) groups is 3. The van der Waals surface area contributed by atoms with Crippen molar-refractivity contribution in [3.8, 4) is 11.5 Å². The molecule has 0 bridgehead atoms. The number of nitrogens with one attached hydrogen (secondary N) is 2. The van der Waals surface area contributed by atoms with Crippen LogP contribution < -0.4 is 14.8 Å². The Morgan fingerprint density at radius 2 is 1.93 bits per heavy atom. The van der Waals surface area contributed by atoms with Gasteiger partial charge in [-0.2, -0.15) is 5.10 Å². The summed E-state index contributed by atoms with van der Waals surface area (Å²) in [7, 11) is 0. The van der Waals surface area contributed by atoms with Gasteiger partial charge in [-0.1, -0.05) is 0 Å². The number of fused-ring (bicyclic) bond motifs is 1. The Hall–Kier alpha value is -3.36. The number of rotatable bonds is 5. The summed E-state index contributed by atoms with van der Waals surface area (Å²) < 4.78 is 10.6. The largest absolute Gasteiger partial charge is 0.454 e. The van der Waals surface area contributed by atoms with Crippen molar-refractivity contribution in [2.45, 2.75) is 26.2 Å². The fourth-order valence-corrected chi connectivity index (χ4v) is 3.68. The van der Waals surface area contributed by atoms with Gasteiger partial charge >= 0.3 is 0 Å². The number of aromatic nitrogens is 2. The van der Waals surface area contributed by atoms with Gasteiger partial charge in [-0.3, -0.25) is 19.5 Å². The number of ketones is 1. The van der Waals surface area contributed by atoms with E-state index in [1.165, 1.54) is 6.92 Å². The van der Waals surface area contributed by atoms with Gasteiger partial charge in [0.2, 0.25) is 12.7 Å². The number of amides is 2. The van der Waals surface area contributed by atoms with Crippen molar-refractivity contribution in [2.75, 3.05) is 25.2 Å². The maximum atomic E-state index is 12.6. The van der Waals surface area contributed by atoms with Gasteiger partial charge in [0.1, 0.15) is 5.69 Å². The van der Waals surface area contributed by atoms with E-state index in [9.17, 15) is 14.4 Å². The molecule has 2 N–H and O–H groups in total. The zero-order valence-electron chi connectivity index (χ0n) is 16.1. The molecule has 0 atom stereocenters. The van der Waals surface area contributed by atoms with Crippen LogP contribution in [-0.2, 0) is 4.79 Å². The van der Waals surface area contributed by atoms with Crippen molar-refractivity contribution in [1.82, 2.24) is 15.1 Å². The van der Waals surface area contributed by atoms with Gasteiger partial charge in [0, 0.05) is 37.3 Å². The van der Waals surface area contributed by atoms with E-state index in [0.29, 0.717) is 48.0 Å². The summed E-state index contributed by atoms with van der Waals surface area (Å²) in [5.74, 6) is 0.763. The molecule has 0 unspecified atom stereocenters. The smallest absolute Gasteiger partial charge is 0.274 e. The second kappa shape index (κ2) is 7.94. The van der Waals surface area contributed by atoms with Crippen molar-refractivity contribution in [2.24, 2.45) is 5.92 Å². The maximum Gasteiger partial charge on any atom is 0.274 e. The normalized spacial score (nSPS) is 16.0. The first-order chi connectivity index (χ1) is 14.0. The third-order valence-corrected chi connectivity index (χ3v) is 5.26. The van der Waals surface area contributed by atoms with Gasteiger partial charge < -0.3 is 19.7 Å². The molecule has 29 heavy (non-hydrogen) atoms. The van der Waals surface area contributed by atoms with E-state index < -0.39 is 0 Å². The number of aromatic amines is 1. The molecule has 0 saturated carbocycles. The summed E-state index contributed by atoms with van der Waals surface area (Å²) in [6.07, 6.45) is 3.43. The fraction of sp³-hybridized carbons (Fsp3) is 0.400. The van der Waals surface area contributed by atoms with Crippen LogP contribution in [0.1, 0.15) is 47.0 Å². The van der Waals surface area contributed by atoms with Crippen LogP contribution in [0.4, 0.5) is 5.69 Å². The number of Topliss-reactive ketones (excluding diaryl/α,β-unsaturated/α-hetero) is 1. The average Bonchev–Trinajstić information content (AvgIpc) is 3.39. The fourth-order valence-electron chi connectivity index (χ4n) is 3.68. The van der Waals surface area contributed by atoms with Crippen LogP contribution in [0.3, 0.4) is 0 Å². The van der Waals surface area contributed by atoms with Crippen LogP contribution in [0.15, 0.2) is 24.4 Å². The van der Waals surface area contributed by atoms with E-state index in [1.54, 1.807) is 29.3 Å². The summed E-state index contributed by atoms with van der Waals surface area (Å²) in [6, 6.07) is 4.88. The number of hydrogen-bond donors (Lipinski definition) is 2. The lowest BCUT2D eigenvalue weighted by molar-refractivity contribution is -0.117. The van der Waals surface area contributed by atoms with E-state index >= 15 is 0 Å². The summed E-state index contributed by atoms with van der Waals surface area (Å²) in [6.45, 7) is 2.72. The molecule has 2 aliphatic heterocycles. The van der Waals surface area contributed by atoms with Crippen molar-refractivity contribution >= 4 is 23.3 Å². The number of anilines is 1. The quantitative estimate of drug-likeness (QED) is 0.747. The van der Waals surface area contributed by atoms with E-state index in [1.807, 2.05) is 0 Å². The molecule has 0 spiro atoms. The Morgan fingerprint density at radius 3 is 2.59 bits per heavy atom. The monoisotopic (exact) mass is 398 g/mol. The molecular formula is C20H22N4O5. The predicted molar refractivity (Wildman–Crippen MR) is 103 cm³/mol. The van der Waals surface area contributed by atoms with Crippen molar-refractivity contribution in [1.29, 1.82) is 0 Å². The first-order valence-corrected chi connectivity index (χ1v) is 9.54. The molecule has 2 amide bonds. The molecule has 9 nitrogen and oxygen atoms in total. The molecular weight excluding hydrogens is 376 g/mol. The number of benzene rings is 1. The van der Waals surface area contributed by atoms with Crippen molar-refractivity contribution in [3.63, 3.8) is 0 Å². The highest BCUT2D eigenvalue weighted by Gasteiger charge is 2.27. The number of carbonyl (C=O) groups excluding carboxylic acids is 3. The number of nitrogens with zero attached hydrogens (tertiary/aromatic N) is 2. The first-order valence-electron chi connectivity index (χ1n) is 9.54. The highest BCUT2D eigenvalue weighted by atomic mass is 16.7. The van der Waals surface area contributed by atoms with Gasteiger partial charge in [-0.15, -0.1) is 0 Å². The molecule has 1 aromatic heterocycles. The Balaban J connectivity index is 1.34. The molecule has 1 fully saturated rings. The summed E-state index contributed by atoms with van der Waals surface area (Å²) in [5, 5.41) is 9.41. The zero-order valence-corrected chi connectivity index (χ0v) is 16.1. The molecule has 4 rings (SSSR count). The molecule has 0 radical (unpaired) electrons. The molecule has 9 heteroatoms. The lowest BCUT2D eigenvalue weighted by atomic mass is 9.93. The Labute approximate surface area is 167 Å². The topological polar surface area (TPSA) is 114 Å². The Bertz CT molecular complexity index is 933. The van der Waals surface area contributed by atoms with Gasteiger partial charge in [0.25, 0.3) is 5.91 Å². The van der Waals surface area contributed by atoms with Crippen molar-refractivity contribution in [3.05, 3.63) is 35.7 Å². The first kappa shape index (κ1) is 19.0. The molecule has 2 aliphatic rings. The lowest BCUT2D eigenvalue weighted by Gasteiger charge is -2.31. The van der Waals surface area contributed by atoms with Crippen molar-refractivity contribution < 1.29 is 23.9 Å². The number of hydrogen-bond acceptors (Lipinski definition) is 6. The number of piperidine rings is 1. The molecule has 1 aromatic carbocycles. The van der Waals surface area contributed by atoms with Crippen LogP contribution in [0.5, 0.6) is 11.5 Å². The third-order valence-electron chi connectivity index (χ3n) is 5.26. The third kappa shape index (κ3) is 4.08. The van der Waals surface area contributed by atoms with Gasteiger partial charge in [-0.25, -0.2) is 0 Å². The van der Waals surface area contributed by atoms with Crippen LogP contribution in [-0.4, -0.2) is 52.6 Å². The average molecular weight is 398 g/mol. The van der Waals surface area contributed by atoms with E-state index in [4.69, 9.17) is 9.47 Å². The summed E-state index contributed by atoms with van der Waals surface area (Å²) in [4.78, 5) is 38.6. The minimum absolute atomic E-state index is 0.0967. The highest BCUT2D eigenvalue weighted by Crippen LogP contribution is 2.37. The predicted octanol–water partition coefficient (Wildman–Crippen LogP) is 2.22. The molecule has 3 heterocycles. The minimum Gasteiger partial charge on any atom is -0.454 e. The summed E-state index contributed by atoms with van der Waals surface area (Å²) in [5.41, 5.74) is 1.22.